The van der Waals surface area contributed by atoms with Gasteiger partial charge in [-0.3, -0.25) is 0 Å². The number of rotatable bonds is 16. The molecule has 7 heteroatoms. The quantitative estimate of drug-likeness (QED) is 0.104. The summed E-state index contributed by atoms with van der Waals surface area (Å²) in [6.07, 6.45) is 86.3. The van der Waals surface area contributed by atoms with Gasteiger partial charge in [0.15, 0.2) is 0 Å². The van der Waals surface area contributed by atoms with E-state index >= 15 is 8.78 Å². The van der Waals surface area contributed by atoms with E-state index in [9.17, 15) is 0 Å². The second-order valence-electron chi connectivity index (χ2n) is 35.3. The Hall–Kier alpha value is -8.88. The van der Waals surface area contributed by atoms with E-state index in [4.69, 9.17) is 9.47 Å². The average molecular weight is 1460 g/mol. The van der Waals surface area contributed by atoms with Gasteiger partial charge in [-0.25, -0.2) is 8.78 Å². The lowest BCUT2D eigenvalue weighted by molar-refractivity contribution is 0.0426. The van der Waals surface area contributed by atoms with Gasteiger partial charge < -0.3 is 19.3 Å². The molecule has 0 bridgehead atoms. The van der Waals surface area contributed by atoms with Crippen LogP contribution in [0.4, 0.5) is 20.2 Å². The summed E-state index contributed by atoms with van der Waals surface area (Å²) in [7, 11) is 0. The summed E-state index contributed by atoms with van der Waals surface area (Å²) in [5, 5.41) is 3.69. The van der Waals surface area contributed by atoms with Crippen LogP contribution in [-0.4, -0.2) is 24.3 Å². The van der Waals surface area contributed by atoms with Gasteiger partial charge in [-0.1, -0.05) is 223 Å². The summed E-state index contributed by atoms with van der Waals surface area (Å²) in [6.45, 7) is 22.2. The molecule has 13 unspecified atom stereocenters. The number of fused-ring (bicyclic) bond motifs is 8. The van der Waals surface area contributed by atoms with E-state index in [1.165, 1.54) is 64.9 Å². The Kier molecular flexibility index (Phi) is 18.9. The third-order valence-corrected chi connectivity index (χ3v) is 28.7. The smallest absolute Gasteiger partial charge is 0.123 e. The maximum atomic E-state index is 15.5. The van der Waals surface area contributed by atoms with Crippen LogP contribution in [0.15, 0.2) is 323 Å². The molecule has 109 heavy (non-hydrogen) atoms. The molecular weight excluding hydrogens is 1360 g/mol. The Morgan fingerprint density at radius 1 is 0.587 bits per heavy atom. The van der Waals surface area contributed by atoms with Gasteiger partial charge in [-0.05, 0) is 266 Å². The molecule has 0 saturated heterocycles. The maximum absolute atomic E-state index is 15.5. The number of benzene rings is 3. The minimum Gasteiger partial charge on any atom is -0.462 e. The normalized spacial score (nSPS) is 30.9. The molecule has 1 aromatic heterocycles. The first-order valence-corrected chi connectivity index (χ1v) is 41.9. The monoisotopic (exact) mass is 1460 g/mol. The molecule has 14 aliphatic rings. The number of thiophene rings is 1. The molecule has 1 heterocycles. The Labute approximate surface area is 650 Å². The summed E-state index contributed by atoms with van der Waals surface area (Å²) in [6, 6.07) is 19.4. The highest BCUT2D eigenvalue weighted by Gasteiger charge is 2.61. The fourth-order valence-electron chi connectivity index (χ4n) is 22.3. The van der Waals surface area contributed by atoms with E-state index in [2.05, 4.69) is 259 Å². The van der Waals surface area contributed by atoms with E-state index < -0.39 is 0 Å². The Bertz CT molecular complexity index is 5130. The van der Waals surface area contributed by atoms with E-state index in [0.29, 0.717) is 30.6 Å². The highest BCUT2D eigenvalue weighted by molar-refractivity contribution is 7.19. The van der Waals surface area contributed by atoms with Crippen LogP contribution in [0.2, 0.25) is 0 Å². The molecular formula is C102H106F2N2O2S. The van der Waals surface area contributed by atoms with Crippen LogP contribution < -0.4 is 9.80 Å². The molecule has 0 radical (unpaired) electrons. The van der Waals surface area contributed by atoms with Gasteiger partial charge >= 0.3 is 0 Å². The zero-order valence-electron chi connectivity index (χ0n) is 64.7. The third kappa shape index (κ3) is 12.9. The number of hydrogen-bond donors (Lipinski definition) is 0. The van der Waals surface area contributed by atoms with Crippen molar-refractivity contribution < 1.29 is 18.3 Å². The van der Waals surface area contributed by atoms with Gasteiger partial charge in [0.2, 0.25) is 0 Å². The molecule has 0 saturated carbocycles. The number of anilines is 2. The summed E-state index contributed by atoms with van der Waals surface area (Å²) in [4.78, 5) is 6.63. The van der Waals surface area contributed by atoms with E-state index in [1.807, 2.05) is 35.6 Å². The third-order valence-electron chi connectivity index (χ3n) is 27.5. The van der Waals surface area contributed by atoms with Crippen molar-refractivity contribution in [3.8, 4) is 0 Å². The average Bonchev–Trinajstić information content (AvgIpc) is 1.55. The maximum Gasteiger partial charge on any atom is 0.123 e. The van der Waals surface area contributed by atoms with Gasteiger partial charge in [0.05, 0.1) is 24.3 Å². The predicted molar refractivity (Wildman–Crippen MR) is 452 cm³/mol. The Balaban J connectivity index is 0.695. The van der Waals surface area contributed by atoms with Crippen molar-refractivity contribution in [2.75, 3.05) is 9.80 Å². The number of allylic oxidation sites excluding steroid dienone is 35. The fourth-order valence-corrected chi connectivity index (χ4v) is 23.6. The molecule has 0 N–H and O–H groups in total. The highest BCUT2D eigenvalue weighted by Crippen LogP contribution is 2.69. The number of halogens is 2. The SMILES string of the molecule is C=CC1=CCC(OC2C=CC(C3(C4CC=C(C(C)(C)C)CC4)C4=C(C=CC(N(C5=Cc6c(sc7cc8ccc(N(C9=CC=C(F)CC9)C9C=CC%10C%11=C(CCC=C%11)C(C%11C=CC(OC%12=CC=C(C=C)CC%12)=CC%11)(C%11C=CC(C(C)(C)C)=CC%11)C%10C9)cc8cc67)CC5)c5ccc(F)cc5)C4)C4C=CC=CC43)=CC2)C=C1. The van der Waals surface area contributed by atoms with Crippen LogP contribution in [0.3, 0.4) is 0 Å². The van der Waals surface area contributed by atoms with Crippen LogP contribution in [0.25, 0.3) is 26.9 Å². The van der Waals surface area contributed by atoms with Crippen molar-refractivity contribution in [2.24, 2.45) is 63.1 Å². The van der Waals surface area contributed by atoms with E-state index in [0.717, 1.165) is 130 Å². The van der Waals surface area contributed by atoms with Crippen molar-refractivity contribution in [2.45, 2.75) is 175 Å². The van der Waals surface area contributed by atoms with Crippen LogP contribution in [0.1, 0.15) is 155 Å². The molecule has 18 rings (SSSR count). The number of nitrogens with zero attached hydrogens (tertiary/aromatic N) is 2. The second-order valence-corrected chi connectivity index (χ2v) is 36.5. The topological polar surface area (TPSA) is 24.9 Å². The van der Waals surface area contributed by atoms with E-state index in [-0.39, 0.29) is 81.3 Å². The highest BCUT2D eigenvalue weighted by atomic mass is 32.1. The summed E-state index contributed by atoms with van der Waals surface area (Å²) in [5.74, 6) is 3.74. The lowest BCUT2D eigenvalue weighted by Crippen LogP contribution is -2.48. The number of hydrogen-bond acceptors (Lipinski definition) is 5. The van der Waals surface area contributed by atoms with Crippen molar-refractivity contribution in [1.29, 1.82) is 0 Å². The Morgan fingerprint density at radius 3 is 2.08 bits per heavy atom. The molecule has 0 amide bonds. The number of ether oxygens (including phenoxy) is 2. The fraction of sp³-hybridized carbons (Fsp3) is 0.373. The summed E-state index contributed by atoms with van der Waals surface area (Å²) >= 11 is 1.94. The molecule has 14 aliphatic carbocycles. The number of aryl methyl sites for hydroxylation is 1. The van der Waals surface area contributed by atoms with Crippen molar-refractivity contribution in [1.82, 2.24) is 0 Å². The Morgan fingerprint density at radius 2 is 1.38 bits per heavy atom. The predicted octanol–water partition coefficient (Wildman–Crippen LogP) is 26.8. The lowest BCUT2D eigenvalue weighted by atomic mass is 9.52. The van der Waals surface area contributed by atoms with Crippen molar-refractivity contribution >= 4 is 49.6 Å². The van der Waals surface area contributed by atoms with Gasteiger partial charge in [-0.2, -0.15) is 0 Å². The standard InChI is InChI=1S/C102H106F2N2O2S/c1-9-65-19-48-83(49-20-65)107-85-52-32-73(33-53-85)101(71-28-24-69(25-29-71)99(3,4)5)93-17-13-11-15-87(93)89-56-45-81(63-95(89)101)105(77-41-36-75(103)37-42-77)79-40-23-67-61-98-91(60-68(67)59-79)92-62-80(47-58-97(92)109-98)106(78-43-38-76(104)39-44-78)82-46-57-90-88-16-12-14-18-94(88)102(96(90)64-82,72-30-26-70(27-31-72)100(6,7)8)74-34-54-86(55-35-74)108-84-50-21-66(10-2)22-51-84/h9-12,14-16,18-19,21-26,28,32,34-36,38-41,43-46,48,50,52-54,56-57,59-62,71-73,81-82,84,86,88-89,94-95H,1-2,13,17,20,27,29-31,33,37,42,47,49,51,55,58,63-64H2,3-8H3. The largest absolute Gasteiger partial charge is 0.462 e. The van der Waals surface area contributed by atoms with Gasteiger partial charge in [0.25, 0.3) is 0 Å². The van der Waals surface area contributed by atoms with Crippen molar-refractivity contribution in [3.63, 3.8) is 0 Å². The van der Waals surface area contributed by atoms with Crippen LogP contribution in [-0.2, 0) is 15.9 Å². The lowest BCUT2D eigenvalue weighted by Gasteiger charge is -2.53. The van der Waals surface area contributed by atoms with Crippen LogP contribution in [0, 0.1) is 68.9 Å². The van der Waals surface area contributed by atoms with Gasteiger partial charge in [-0.15, -0.1) is 11.3 Å². The second kappa shape index (κ2) is 28.8. The molecule has 4 nitrogen and oxygen atoms in total. The summed E-state index contributed by atoms with van der Waals surface area (Å²) in [5.41, 5.74) is 18.7. The zero-order chi connectivity index (χ0) is 74.5. The van der Waals surface area contributed by atoms with Crippen molar-refractivity contribution in [3.05, 3.63) is 339 Å². The minimum atomic E-state index is -0.251. The van der Waals surface area contributed by atoms with Gasteiger partial charge in [0.1, 0.15) is 23.2 Å². The van der Waals surface area contributed by atoms with E-state index in [1.54, 1.807) is 34.9 Å². The first-order valence-electron chi connectivity index (χ1n) is 41.1. The minimum absolute atomic E-state index is 0.0102. The molecule has 0 fully saturated rings. The molecule has 3 aromatic carbocycles. The zero-order valence-corrected chi connectivity index (χ0v) is 65.5. The first kappa shape index (κ1) is 71.7. The van der Waals surface area contributed by atoms with Crippen LogP contribution >= 0.6 is 11.3 Å². The molecule has 0 aliphatic heterocycles. The van der Waals surface area contributed by atoms with Gasteiger partial charge in [0, 0.05) is 79.2 Å². The summed E-state index contributed by atoms with van der Waals surface area (Å²) < 4.78 is 45.7. The molecule has 13 atom stereocenters. The molecule has 556 valence electrons. The van der Waals surface area contributed by atoms with Crippen LogP contribution in [0.5, 0.6) is 0 Å². The first-order chi connectivity index (χ1) is 52.9. The molecule has 0 spiro atoms. The molecule has 4 aromatic rings.